The number of hydrogen-bond acceptors (Lipinski definition) is 5. The highest BCUT2D eigenvalue weighted by atomic mass is 35.5. The van der Waals surface area contributed by atoms with Gasteiger partial charge >= 0.3 is 0 Å². The number of carbonyl (C=O) groups excluding carboxylic acids is 1. The second kappa shape index (κ2) is 6.85. The summed E-state index contributed by atoms with van der Waals surface area (Å²) in [7, 11) is 0. The number of hydrogen-bond donors (Lipinski definition) is 1. The quantitative estimate of drug-likeness (QED) is 0.831. The molecule has 2 N–H and O–H groups in total. The third kappa shape index (κ3) is 3.12. The number of rotatable bonds is 3. The Balaban J connectivity index is 1.92. The summed E-state index contributed by atoms with van der Waals surface area (Å²) in [5, 5.41) is 9.06. The maximum atomic E-state index is 12.9. The molecule has 25 heavy (non-hydrogen) atoms. The summed E-state index contributed by atoms with van der Waals surface area (Å²) in [6.07, 6.45) is 1.97. The highest BCUT2D eigenvalue weighted by molar-refractivity contribution is 6.36. The van der Waals surface area contributed by atoms with E-state index in [0.29, 0.717) is 40.1 Å². The van der Waals surface area contributed by atoms with Crippen molar-refractivity contribution in [2.75, 3.05) is 6.54 Å². The van der Waals surface area contributed by atoms with E-state index in [1.807, 2.05) is 6.92 Å². The van der Waals surface area contributed by atoms with Gasteiger partial charge in [0.1, 0.15) is 11.5 Å². The Kier molecular flexibility index (Phi) is 4.78. The highest BCUT2D eigenvalue weighted by Gasteiger charge is 2.33. The zero-order chi connectivity index (χ0) is 18.1. The molecule has 1 aromatic heterocycles. The molecular weight excluding hydrogens is 363 g/mol. The smallest absolute Gasteiger partial charge is 0.255 e. The van der Waals surface area contributed by atoms with Crippen LogP contribution in [0.3, 0.4) is 0 Å². The van der Waals surface area contributed by atoms with Crippen molar-refractivity contribution < 1.29 is 4.79 Å². The van der Waals surface area contributed by atoms with Crippen LogP contribution in [0.4, 0.5) is 0 Å². The van der Waals surface area contributed by atoms with Gasteiger partial charge in [-0.15, -0.1) is 5.10 Å². The Morgan fingerprint density at radius 2 is 2.24 bits per heavy atom. The molecule has 130 valence electrons. The van der Waals surface area contributed by atoms with Crippen LogP contribution in [0.25, 0.3) is 5.82 Å². The highest BCUT2D eigenvalue weighted by Crippen LogP contribution is 2.31. The fourth-order valence-electron chi connectivity index (χ4n) is 2.89. The van der Waals surface area contributed by atoms with Gasteiger partial charge in [-0.3, -0.25) is 9.79 Å². The number of benzene rings is 1. The van der Waals surface area contributed by atoms with Gasteiger partial charge in [-0.25, -0.2) is 0 Å². The number of carbonyl (C=O) groups is 1. The zero-order valence-electron chi connectivity index (χ0n) is 13.5. The van der Waals surface area contributed by atoms with Crippen LogP contribution in [-0.4, -0.2) is 39.1 Å². The second-order valence-corrected chi connectivity index (χ2v) is 6.46. The van der Waals surface area contributed by atoms with Gasteiger partial charge in [0, 0.05) is 18.0 Å². The minimum Gasteiger partial charge on any atom is -0.382 e. The first kappa shape index (κ1) is 17.4. The van der Waals surface area contributed by atoms with Crippen LogP contribution in [0, 0.1) is 0 Å². The molecule has 1 aromatic carbocycles. The van der Waals surface area contributed by atoms with E-state index >= 15 is 0 Å². The zero-order valence-corrected chi connectivity index (χ0v) is 15.0. The van der Waals surface area contributed by atoms with Gasteiger partial charge in [0.05, 0.1) is 28.5 Å². The summed E-state index contributed by atoms with van der Waals surface area (Å²) in [6, 6.07) is 4.56. The van der Waals surface area contributed by atoms with Crippen molar-refractivity contribution >= 4 is 41.6 Å². The molecule has 9 heteroatoms. The Bertz CT molecular complexity index is 876. The lowest BCUT2D eigenvalue weighted by Gasteiger charge is -2.32. The molecule has 1 aliphatic rings. The first-order chi connectivity index (χ1) is 11.9. The maximum absolute atomic E-state index is 12.9. The van der Waals surface area contributed by atoms with Gasteiger partial charge in [0.15, 0.2) is 0 Å². The number of aromatic nitrogens is 3. The molecule has 0 bridgehead atoms. The van der Waals surface area contributed by atoms with Crippen molar-refractivity contribution in [1.82, 2.24) is 19.9 Å². The fourth-order valence-corrected chi connectivity index (χ4v) is 3.38. The largest absolute Gasteiger partial charge is 0.382 e. The minimum atomic E-state index is -0.263. The van der Waals surface area contributed by atoms with Gasteiger partial charge in [0.2, 0.25) is 0 Å². The van der Waals surface area contributed by atoms with Crippen molar-refractivity contribution in [2.24, 2.45) is 10.7 Å². The van der Waals surface area contributed by atoms with Crippen molar-refractivity contribution in [2.45, 2.75) is 19.4 Å². The van der Waals surface area contributed by atoms with Crippen LogP contribution >= 0.6 is 23.2 Å². The minimum absolute atomic E-state index is 0.175. The van der Waals surface area contributed by atoms with E-state index in [1.54, 1.807) is 23.1 Å². The van der Waals surface area contributed by atoms with Crippen LogP contribution in [0.15, 0.2) is 29.4 Å². The molecule has 0 spiro atoms. The number of aliphatic imine (C=N–C) groups is 1. The average Bonchev–Trinajstić information content (AvgIpc) is 3.00. The summed E-state index contributed by atoms with van der Waals surface area (Å²) in [4.78, 5) is 18.2. The molecule has 1 unspecified atom stereocenters. The molecule has 1 aliphatic heterocycles. The third-order valence-electron chi connectivity index (χ3n) is 4.14. The lowest BCUT2D eigenvalue weighted by molar-refractivity contribution is 0.0672. The van der Waals surface area contributed by atoms with Crippen LogP contribution in [0.2, 0.25) is 10.0 Å². The Morgan fingerprint density at radius 3 is 2.92 bits per heavy atom. The molecule has 0 fully saturated rings. The van der Waals surface area contributed by atoms with Gasteiger partial charge in [0.25, 0.3) is 5.91 Å². The SMILES string of the molecule is C=N/C=C(\N)n1nnc2c1CCN(C(=O)c1ccc(Cl)cc1Cl)C2C. The molecule has 0 saturated heterocycles. The van der Waals surface area contributed by atoms with Gasteiger partial charge in [-0.2, -0.15) is 4.68 Å². The summed E-state index contributed by atoms with van der Waals surface area (Å²) in [5.74, 6) is 0.155. The number of nitrogens with zero attached hydrogens (tertiary/aromatic N) is 5. The number of nitrogens with two attached hydrogens (primary N) is 1. The summed E-state index contributed by atoms with van der Waals surface area (Å²) in [6.45, 7) is 5.77. The average molecular weight is 379 g/mol. The van der Waals surface area contributed by atoms with Crippen LogP contribution in [0.5, 0.6) is 0 Å². The molecule has 3 rings (SSSR count). The standard InChI is InChI=1S/C16H16Cl2N6O/c1-9-15-13(24(22-21-15)14(19)8-20-2)5-6-23(9)16(25)11-4-3-10(17)7-12(11)18/h3-4,7-9H,2,5-6,19H2,1H3/b14-8+. The third-order valence-corrected chi connectivity index (χ3v) is 4.68. The normalized spacial score (nSPS) is 17.3. The maximum Gasteiger partial charge on any atom is 0.255 e. The first-order valence-corrected chi connectivity index (χ1v) is 8.32. The fraction of sp³-hybridized carbons (Fsp3) is 0.250. The van der Waals surface area contributed by atoms with Gasteiger partial charge in [-0.05, 0) is 31.8 Å². The number of halogens is 2. The Hall–Kier alpha value is -2.38. The number of amides is 1. The molecular formula is C16H16Cl2N6O. The van der Waals surface area contributed by atoms with Crippen molar-refractivity contribution in [1.29, 1.82) is 0 Å². The van der Waals surface area contributed by atoms with E-state index in [1.165, 1.54) is 10.9 Å². The number of fused-ring (bicyclic) bond motifs is 1. The van der Waals surface area contributed by atoms with E-state index in [-0.39, 0.29) is 11.9 Å². The Morgan fingerprint density at radius 1 is 1.48 bits per heavy atom. The molecule has 1 atom stereocenters. The lowest BCUT2D eigenvalue weighted by atomic mass is 10.0. The molecule has 0 aliphatic carbocycles. The molecule has 0 radical (unpaired) electrons. The lowest BCUT2D eigenvalue weighted by Crippen LogP contribution is -2.39. The van der Waals surface area contributed by atoms with Crippen molar-refractivity contribution in [3.8, 4) is 0 Å². The second-order valence-electron chi connectivity index (χ2n) is 5.62. The molecule has 0 saturated carbocycles. The molecule has 1 amide bonds. The van der Waals surface area contributed by atoms with Crippen LogP contribution < -0.4 is 5.73 Å². The van der Waals surface area contributed by atoms with Crippen molar-refractivity contribution in [3.63, 3.8) is 0 Å². The summed E-state index contributed by atoms with van der Waals surface area (Å²) in [5.41, 5.74) is 7.88. The van der Waals surface area contributed by atoms with E-state index in [0.717, 1.165) is 5.69 Å². The van der Waals surface area contributed by atoms with Crippen molar-refractivity contribution in [3.05, 3.63) is 51.4 Å². The predicted molar refractivity (Wildman–Crippen MR) is 97.6 cm³/mol. The molecule has 2 heterocycles. The van der Waals surface area contributed by atoms with E-state index < -0.39 is 0 Å². The monoisotopic (exact) mass is 378 g/mol. The van der Waals surface area contributed by atoms with Crippen LogP contribution in [0.1, 0.15) is 34.7 Å². The van der Waals surface area contributed by atoms with Gasteiger partial charge in [-0.1, -0.05) is 28.4 Å². The first-order valence-electron chi connectivity index (χ1n) is 7.56. The van der Waals surface area contributed by atoms with E-state index in [2.05, 4.69) is 22.0 Å². The molecule has 2 aromatic rings. The van der Waals surface area contributed by atoms with Gasteiger partial charge < -0.3 is 10.6 Å². The van der Waals surface area contributed by atoms with Crippen LogP contribution in [-0.2, 0) is 6.42 Å². The Labute approximate surface area is 154 Å². The molecule has 7 nitrogen and oxygen atoms in total. The predicted octanol–water partition coefficient (Wildman–Crippen LogP) is 2.76. The topological polar surface area (TPSA) is 89.4 Å². The summed E-state index contributed by atoms with van der Waals surface area (Å²) >= 11 is 12.1. The van der Waals surface area contributed by atoms with E-state index in [4.69, 9.17) is 28.9 Å². The summed E-state index contributed by atoms with van der Waals surface area (Å²) < 4.78 is 1.53. The van der Waals surface area contributed by atoms with E-state index in [9.17, 15) is 4.79 Å².